The van der Waals surface area contributed by atoms with Gasteiger partial charge in [0.2, 0.25) is 5.91 Å². The first-order valence-electron chi connectivity index (χ1n) is 5.50. The molecule has 0 atom stereocenters. The number of thiazole rings is 1. The number of nitrogens with zero attached hydrogens (tertiary/aromatic N) is 1. The second-order valence-corrected chi connectivity index (χ2v) is 4.61. The van der Waals surface area contributed by atoms with Crippen molar-refractivity contribution < 1.29 is 4.79 Å². The van der Waals surface area contributed by atoms with Crippen LogP contribution in [-0.2, 0) is 11.2 Å². The van der Waals surface area contributed by atoms with E-state index in [-0.39, 0.29) is 5.91 Å². The second kappa shape index (κ2) is 6.56. The van der Waals surface area contributed by atoms with E-state index < -0.39 is 0 Å². The highest BCUT2D eigenvalue weighted by molar-refractivity contribution is 7.15. The summed E-state index contributed by atoms with van der Waals surface area (Å²) in [7, 11) is 0. The molecule has 15 heavy (non-hydrogen) atoms. The summed E-state index contributed by atoms with van der Waals surface area (Å²) in [6.07, 6.45) is 6.63. The van der Waals surface area contributed by atoms with Gasteiger partial charge in [-0.1, -0.05) is 26.7 Å². The van der Waals surface area contributed by atoms with Gasteiger partial charge in [0, 0.05) is 17.5 Å². The number of rotatable bonds is 6. The third-order valence-corrected chi connectivity index (χ3v) is 3.21. The van der Waals surface area contributed by atoms with Crippen molar-refractivity contribution in [2.24, 2.45) is 0 Å². The first kappa shape index (κ1) is 12.2. The Morgan fingerprint density at radius 3 is 2.87 bits per heavy atom. The van der Waals surface area contributed by atoms with Crippen molar-refractivity contribution in [1.29, 1.82) is 0 Å². The van der Waals surface area contributed by atoms with Crippen molar-refractivity contribution in [2.75, 3.05) is 5.32 Å². The summed E-state index contributed by atoms with van der Waals surface area (Å²) in [6.45, 7) is 4.21. The average Bonchev–Trinajstić information content (AvgIpc) is 2.66. The van der Waals surface area contributed by atoms with Crippen LogP contribution in [0.3, 0.4) is 0 Å². The molecule has 1 N–H and O–H groups in total. The van der Waals surface area contributed by atoms with Gasteiger partial charge >= 0.3 is 0 Å². The number of unbranched alkanes of at least 4 members (excludes halogenated alkanes) is 2. The second-order valence-electron chi connectivity index (χ2n) is 3.49. The van der Waals surface area contributed by atoms with Crippen molar-refractivity contribution in [3.63, 3.8) is 0 Å². The van der Waals surface area contributed by atoms with E-state index in [1.807, 2.05) is 6.20 Å². The van der Waals surface area contributed by atoms with Crippen LogP contribution in [0.25, 0.3) is 0 Å². The van der Waals surface area contributed by atoms with Gasteiger partial charge in [0.1, 0.15) is 0 Å². The highest BCUT2D eigenvalue weighted by Gasteiger charge is 2.05. The van der Waals surface area contributed by atoms with Gasteiger partial charge in [-0.2, -0.15) is 0 Å². The molecule has 84 valence electrons. The fourth-order valence-electron chi connectivity index (χ4n) is 1.25. The molecule has 1 aromatic rings. The lowest BCUT2D eigenvalue weighted by Crippen LogP contribution is -2.10. The van der Waals surface area contributed by atoms with Crippen LogP contribution in [0.4, 0.5) is 5.13 Å². The summed E-state index contributed by atoms with van der Waals surface area (Å²) < 4.78 is 0. The van der Waals surface area contributed by atoms with Crippen LogP contribution >= 0.6 is 11.3 Å². The molecular formula is C11H18N2OS. The topological polar surface area (TPSA) is 42.0 Å². The van der Waals surface area contributed by atoms with Gasteiger partial charge in [0.15, 0.2) is 5.13 Å². The molecule has 0 aromatic carbocycles. The Labute approximate surface area is 94.9 Å². The highest BCUT2D eigenvalue weighted by atomic mass is 32.1. The summed E-state index contributed by atoms with van der Waals surface area (Å²) in [5, 5.41) is 3.55. The Morgan fingerprint density at radius 2 is 2.27 bits per heavy atom. The molecule has 0 bridgehead atoms. The number of hydrogen-bond acceptors (Lipinski definition) is 3. The van der Waals surface area contributed by atoms with Crippen LogP contribution in [0.1, 0.15) is 44.4 Å². The Hall–Kier alpha value is -0.900. The Balaban J connectivity index is 2.31. The number of carbonyl (C=O) groups is 1. The fraction of sp³-hybridized carbons (Fsp3) is 0.636. The van der Waals surface area contributed by atoms with E-state index in [2.05, 4.69) is 24.1 Å². The van der Waals surface area contributed by atoms with E-state index in [9.17, 15) is 4.79 Å². The van der Waals surface area contributed by atoms with E-state index >= 15 is 0 Å². The molecule has 0 radical (unpaired) electrons. The molecule has 0 aliphatic carbocycles. The SMILES string of the molecule is CCCCCC(=O)Nc1ncc(CC)s1. The van der Waals surface area contributed by atoms with Gasteiger partial charge in [-0.3, -0.25) is 4.79 Å². The van der Waals surface area contributed by atoms with Gasteiger partial charge in [-0.25, -0.2) is 4.98 Å². The van der Waals surface area contributed by atoms with E-state index in [4.69, 9.17) is 0 Å². The average molecular weight is 226 g/mol. The maximum absolute atomic E-state index is 11.4. The molecule has 1 heterocycles. The highest BCUT2D eigenvalue weighted by Crippen LogP contribution is 2.18. The molecule has 0 saturated heterocycles. The molecule has 1 amide bonds. The normalized spacial score (nSPS) is 10.3. The third kappa shape index (κ3) is 4.42. The Morgan fingerprint density at radius 1 is 1.47 bits per heavy atom. The van der Waals surface area contributed by atoms with E-state index in [1.54, 1.807) is 11.3 Å². The van der Waals surface area contributed by atoms with Crippen LogP contribution in [0, 0.1) is 0 Å². The first-order valence-corrected chi connectivity index (χ1v) is 6.32. The van der Waals surface area contributed by atoms with Crippen LogP contribution < -0.4 is 5.32 Å². The number of anilines is 1. The quantitative estimate of drug-likeness (QED) is 0.757. The fourth-order valence-corrected chi connectivity index (χ4v) is 2.01. The minimum Gasteiger partial charge on any atom is -0.302 e. The molecule has 3 nitrogen and oxygen atoms in total. The summed E-state index contributed by atoms with van der Waals surface area (Å²) in [6, 6.07) is 0. The summed E-state index contributed by atoms with van der Waals surface area (Å²) in [5.74, 6) is 0.0838. The predicted molar refractivity (Wildman–Crippen MR) is 64.3 cm³/mol. The van der Waals surface area contributed by atoms with Crippen molar-refractivity contribution in [3.8, 4) is 0 Å². The number of aryl methyl sites for hydroxylation is 1. The van der Waals surface area contributed by atoms with Crippen molar-refractivity contribution in [1.82, 2.24) is 4.98 Å². The van der Waals surface area contributed by atoms with Crippen molar-refractivity contribution in [3.05, 3.63) is 11.1 Å². The minimum atomic E-state index is 0.0838. The third-order valence-electron chi connectivity index (χ3n) is 2.16. The molecule has 0 aliphatic heterocycles. The van der Waals surface area contributed by atoms with Crippen molar-refractivity contribution in [2.45, 2.75) is 46.0 Å². The molecule has 4 heteroatoms. The zero-order valence-electron chi connectivity index (χ0n) is 9.38. The molecular weight excluding hydrogens is 208 g/mol. The van der Waals surface area contributed by atoms with Crippen LogP contribution in [-0.4, -0.2) is 10.9 Å². The molecule has 0 saturated carbocycles. The lowest BCUT2D eigenvalue weighted by atomic mass is 10.2. The van der Waals surface area contributed by atoms with Gasteiger partial charge < -0.3 is 5.32 Å². The largest absolute Gasteiger partial charge is 0.302 e. The number of amides is 1. The zero-order chi connectivity index (χ0) is 11.1. The smallest absolute Gasteiger partial charge is 0.226 e. The summed E-state index contributed by atoms with van der Waals surface area (Å²) >= 11 is 1.56. The monoisotopic (exact) mass is 226 g/mol. The number of carbonyl (C=O) groups excluding carboxylic acids is 1. The first-order chi connectivity index (χ1) is 7.26. The lowest BCUT2D eigenvalue weighted by molar-refractivity contribution is -0.116. The molecule has 0 unspecified atom stereocenters. The Bertz CT molecular complexity index is 309. The minimum absolute atomic E-state index is 0.0838. The van der Waals surface area contributed by atoms with Crippen LogP contribution in [0.15, 0.2) is 6.20 Å². The maximum Gasteiger partial charge on any atom is 0.226 e. The predicted octanol–water partition coefficient (Wildman–Crippen LogP) is 3.22. The lowest BCUT2D eigenvalue weighted by Gasteiger charge is -2.00. The summed E-state index contributed by atoms with van der Waals surface area (Å²) in [4.78, 5) is 16.8. The number of hydrogen-bond donors (Lipinski definition) is 1. The van der Waals surface area contributed by atoms with Gasteiger partial charge in [0.25, 0.3) is 0 Å². The molecule has 1 rings (SSSR count). The summed E-state index contributed by atoms with van der Waals surface area (Å²) in [5.41, 5.74) is 0. The van der Waals surface area contributed by atoms with E-state index in [0.717, 1.165) is 30.8 Å². The molecule has 0 fully saturated rings. The maximum atomic E-state index is 11.4. The standard InChI is InChI=1S/C11H18N2OS/c1-3-5-6-7-10(14)13-11-12-8-9(4-2)15-11/h8H,3-7H2,1-2H3,(H,12,13,14). The van der Waals surface area contributed by atoms with Gasteiger partial charge in [-0.15, -0.1) is 11.3 Å². The molecule has 1 aromatic heterocycles. The molecule has 0 spiro atoms. The number of aromatic nitrogens is 1. The van der Waals surface area contributed by atoms with Crippen LogP contribution in [0.5, 0.6) is 0 Å². The van der Waals surface area contributed by atoms with E-state index in [0.29, 0.717) is 6.42 Å². The molecule has 0 aliphatic rings. The Kier molecular flexibility index (Phi) is 5.32. The van der Waals surface area contributed by atoms with Crippen LogP contribution in [0.2, 0.25) is 0 Å². The van der Waals surface area contributed by atoms with Crippen molar-refractivity contribution >= 4 is 22.4 Å². The van der Waals surface area contributed by atoms with Gasteiger partial charge in [-0.05, 0) is 12.8 Å². The van der Waals surface area contributed by atoms with E-state index in [1.165, 1.54) is 4.88 Å². The number of nitrogens with one attached hydrogen (secondary N) is 1. The zero-order valence-corrected chi connectivity index (χ0v) is 10.2. The van der Waals surface area contributed by atoms with Gasteiger partial charge in [0.05, 0.1) is 0 Å².